The van der Waals surface area contributed by atoms with Crippen LogP contribution in [-0.2, 0) is 11.2 Å². The summed E-state index contributed by atoms with van der Waals surface area (Å²) in [6, 6.07) is 10.2. The van der Waals surface area contributed by atoms with Crippen LogP contribution in [0.1, 0.15) is 12.5 Å². The van der Waals surface area contributed by atoms with Crippen molar-refractivity contribution < 1.29 is 4.79 Å². The Morgan fingerprint density at radius 1 is 1.33 bits per heavy atom. The summed E-state index contributed by atoms with van der Waals surface area (Å²) in [6.45, 7) is 2.17. The molecule has 0 aliphatic rings. The van der Waals surface area contributed by atoms with Gasteiger partial charge in [0.15, 0.2) is 0 Å². The second kappa shape index (κ2) is 7.45. The molecular formula is C15H20N2O. The van der Waals surface area contributed by atoms with E-state index in [2.05, 4.69) is 17.4 Å². The maximum absolute atomic E-state index is 10.8. The fraction of sp³-hybridized carbons (Fsp3) is 0.267. The number of nitrogens with one attached hydrogen (secondary N) is 1. The van der Waals surface area contributed by atoms with E-state index < -0.39 is 0 Å². The second-order valence-electron chi connectivity index (χ2n) is 4.11. The minimum atomic E-state index is 0.272. The zero-order valence-corrected chi connectivity index (χ0v) is 10.9. The number of benzene rings is 1. The minimum Gasteiger partial charge on any atom is -0.391 e. The summed E-state index contributed by atoms with van der Waals surface area (Å²) in [5.74, 6) is 0. The monoisotopic (exact) mass is 244 g/mol. The predicted molar refractivity (Wildman–Crippen MR) is 75.1 cm³/mol. The largest absolute Gasteiger partial charge is 0.391 e. The zero-order valence-electron chi connectivity index (χ0n) is 10.9. The summed E-state index contributed by atoms with van der Waals surface area (Å²) in [5.41, 5.74) is 9.35. The van der Waals surface area contributed by atoms with E-state index in [9.17, 15) is 4.79 Å². The van der Waals surface area contributed by atoms with Gasteiger partial charge in [0.05, 0.1) is 0 Å². The lowest BCUT2D eigenvalue weighted by molar-refractivity contribution is -0.104. The fourth-order valence-electron chi connectivity index (χ4n) is 1.68. The summed E-state index contributed by atoms with van der Waals surface area (Å²) in [6.07, 6.45) is 3.61. The fourth-order valence-corrected chi connectivity index (χ4v) is 1.68. The van der Waals surface area contributed by atoms with Crippen LogP contribution in [0.25, 0.3) is 0 Å². The van der Waals surface area contributed by atoms with Gasteiger partial charge < -0.3 is 11.1 Å². The van der Waals surface area contributed by atoms with Crippen molar-refractivity contribution in [3.8, 4) is 0 Å². The third kappa shape index (κ3) is 4.18. The molecule has 0 bridgehead atoms. The first-order chi connectivity index (χ1) is 8.71. The summed E-state index contributed by atoms with van der Waals surface area (Å²) in [4.78, 5) is 10.8. The van der Waals surface area contributed by atoms with Crippen LogP contribution in [0.3, 0.4) is 0 Å². The summed E-state index contributed by atoms with van der Waals surface area (Å²) in [5, 5.41) is 3.15. The van der Waals surface area contributed by atoms with Crippen LogP contribution in [0.2, 0.25) is 0 Å². The molecule has 3 N–H and O–H groups in total. The molecule has 0 radical (unpaired) electrons. The Bertz CT molecular complexity index is 447. The third-order valence-electron chi connectivity index (χ3n) is 2.82. The molecule has 0 fully saturated rings. The topological polar surface area (TPSA) is 55.1 Å². The number of likely N-dealkylation sites (N-methyl/N-ethyl adjacent to an activating group) is 1. The number of carbonyl (C=O) groups is 1. The van der Waals surface area contributed by atoms with E-state index >= 15 is 0 Å². The number of nitrogens with two attached hydrogens (primary N) is 1. The molecule has 0 unspecified atom stereocenters. The van der Waals surface area contributed by atoms with Crippen LogP contribution < -0.4 is 11.1 Å². The van der Waals surface area contributed by atoms with Gasteiger partial charge in [0.1, 0.15) is 6.29 Å². The highest BCUT2D eigenvalue weighted by molar-refractivity contribution is 5.76. The number of hydrogen-bond donors (Lipinski definition) is 2. The molecule has 1 aromatic rings. The molecule has 0 amide bonds. The Morgan fingerprint density at radius 2 is 2.00 bits per heavy atom. The molecule has 0 heterocycles. The average Bonchev–Trinajstić information content (AvgIpc) is 2.40. The van der Waals surface area contributed by atoms with Gasteiger partial charge in [-0.2, -0.15) is 0 Å². The first-order valence-electron chi connectivity index (χ1n) is 5.98. The number of hydrogen-bond acceptors (Lipinski definition) is 3. The molecule has 3 nitrogen and oxygen atoms in total. The van der Waals surface area contributed by atoms with Crippen molar-refractivity contribution in [2.45, 2.75) is 13.3 Å². The molecule has 0 aliphatic carbocycles. The van der Waals surface area contributed by atoms with Crippen molar-refractivity contribution in [1.29, 1.82) is 0 Å². The first kappa shape index (κ1) is 14.2. The van der Waals surface area contributed by atoms with Crippen molar-refractivity contribution in [3.63, 3.8) is 0 Å². The zero-order chi connectivity index (χ0) is 13.4. The third-order valence-corrected chi connectivity index (χ3v) is 2.82. The van der Waals surface area contributed by atoms with Crippen molar-refractivity contribution in [3.05, 3.63) is 58.8 Å². The molecule has 96 valence electrons. The standard InChI is InChI=1S/C15H20N2O/c1-12(14(10-16)11-18)8-15(17-2)9-13-6-4-3-5-7-13/h3-8,11,17H,9-10,16H2,1-2H3/b14-12-,15-8-. The second-order valence-corrected chi connectivity index (χ2v) is 4.11. The Labute approximate surface area is 108 Å². The summed E-state index contributed by atoms with van der Waals surface area (Å²) < 4.78 is 0. The van der Waals surface area contributed by atoms with Crippen LogP contribution in [-0.4, -0.2) is 19.9 Å². The van der Waals surface area contributed by atoms with Crippen molar-refractivity contribution in [2.24, 2.45) is 5.73 Å². The highest BCUT2D eigenvalue weighted by atomic mass is 16.1. The highest BCUT2D eigenvalue weighted by Crippen LogP contribution is 2.10. The maximum Gasteiger partial charge on any atom is 0.147 e. The quantitative estimate of drug-likeness (QED) is 0.456. The smallest absolute Gasteiger partial charge is 0.147 e. The number of aldehydes is 1. The number of carbonyl (C=O) groups excluding carboxylic acids is 1. The maximum atomic E-state index is 10.8. The molecule has 0 aliphatic heterocycles. The van der Waals surface area contributed by atoms with Crippen LogP contribution in [0.15, 0.2) is 53.3 Å². The van der Waals surface area contributed by atoms with Gasteiger partial charge in [-0.15, -0.1) is 0 Å². The first-order valence-corrected chi connectivity index (χ1v) is 5.98. The number of rotatable bonds is 6. The van der Waals surface area contributed by atoms with Gasteiger partial charge in [-0.25, -0.2) is 0 Å². The van der Waals surface area contributed by atoms with E-state index in [0.29, 0.717) is 5.57 Å². The molecule has 0 spiro atoms. The normalized spacial score (nSPS) is 12.9. The van der Waals surface area contributed by atoms with Crippen LogP contribution >= 0.6 is 0 Å². The van der Waals surface area contributed by atoms with Crippen molar-refractivity contribution in [2.75, 3.05) is 13.6 Å². The lowest BCUT2D eigenvalue weighted by atomic mass is 10.1. The van der Waals surface area contributed by atoms with Gasteiger partial charge in [-0.1, -0.05) is 30.3 Å². The van der Waals surface area contributed by atoms with Crippen LogP contribution in [0.4, 0.5) is 0 Å². The van der Waals surface area contributed by atoms with E-state index in [1.165, 1.54) is 5.56 Å². The van der Waals surface area contributed by atoms with Gasteiger partial charge in [-0.05, 0) is 24.1 Å². The Balaban J connectivity index is 2.90. The SMILES string of the molecule is CN/C(=C\C(C)=C(/C=O)CN)Cc1ccccc1. The molecule has 0 atom stereocenters. The van der Waals surface area contributed by atoms with E-state index in [1.54, 1.807) is 0 Å². The molecule has 1 aromatic carbocycles. The molecule has 1 rings (SSSR count). The van der Waals surface area contributed by atoms with E-state index in [-0.39, 0.29) is 6.54 Å². The molecule has 0 saturated heterocycles. The highest BCUT2D eigenvalue weighted by Gasteiger charge is 2.01. The van der Waals surface area contributed by atoms with Gasteiger partial charge >= 0.3 is 0 Å². The predicted octanol–water partition coefficient (Wildman–Crippen LogP) is 1.81. The Hall–Kier alpha value is -1.87. The van der Waals surface area contributed by atoms with Crippen molar-refractivity contribution >= 4 is 6.29 Å². The molecule has 18 heavy (non-hydrogen) atoms. The molecule has 0 saturated carbocycles. The van der Waals surface area contributed by atoms with E-state index in [1.807, 2.05) is 38.2 Å². The average molecular weight is 244 g/mol. The number of allylic oxidation sites excluding steroid dienone is 3. The van der Waals surface area contributed by atoms with E-state index in [0.717, 1.165) is 24.0 Å². The van der Waals surface area contributed by atoms with Gasteiger partial charge in [0.2, 0.25) is 0 Å². The molecule has 0 aromatic heterocycles. The van der Waals surface area contributed by atoms with Gasteiger partial charge in [0, 0.05) is 31.3 Å². The van der Waals surface area contributed by atoms with Gasteiger partial charge in [0.25, 0.3) is 0 Å². The molecule has 3 heteroatoms. The summed E-state index contributed by atoms with van der Waals surface area (Å²) in [7, 11) is 1.88. The van der Waals surface area contributed by atoms with Crippen LogP contribution in [0, 0.1) is 0 Å². The Kier molecular flexibility index (Phi) is 5.88. The Morgan fingerprint density at radius 3 is 2.50 bits per heavy atom. The molecular weight excluding hydrogens is 224 g/mol. The van der Waals surface area contributed by atoms with E-state index in [4.69, 9.17) is 5.73 Å². The van der Waals surface area contributed by atoms with Crippen LogP contribution in [0.5, 0.6) is 0 Å². The lowest BCUT2D eigenvalue weighted by Crippen LogP contribution is -2.10. The van der Waals surface area contributed by atoms with Gasteiger partial charge in [-0.3, -0.25) is 4.79 Å². The lowest BCUT2D eigenvalue weighted by Gasteiger charge is -2.08. The minimum absolute atomic E-state index is 0.272. The summed E-state index contributed by atoms with van der Waals surface area (Å²) >= 11 is 0. The van der Waals surface area contributed by atoms with Crippen molar-refractivity contribution in [1.82, 2.24) is 5.32 Å².